The minimum Gasteiger partial charge on any atom is -0.251 e. The van der Waals surface area contributed by atoms with Gasteiger partial charge in [-0.2, -0.15) is 0 Å². The normalized spacial score (nSPS) is 20.9. The molecule has 0 aromatic heterocycles. The summed E-state index contributed by atoms with van der Waals surface area (Å²) in [6.07, 6.45) is 1.04. The molecule has 122 valence electrons. The Bertz CT molecular complexity index is 977. The number of halogens is 1. The number of para-hydroxylation sites is 1. The number of hydrogen-bond donors (Lipinski definition) is 0. The Hall–Kier alpha value is -2.03. The number of rotatable bonds is 1. The van der Waals surface area contributed by atoms with Crippen LogP contribution in [0.15, 0.2) is 82.7 Å². The molecule has 0 fully saturated rings. The predicted octanol–water partition coefficient (Wildman–Crippen LogP) is 6.48. The van der Waals surface area contributed by atoms with E-state index in [1.165, 1.54) is 27.3 Å². The van der Waals surface area contributed by atoms with Gasteiger partial charge in [-0.15, -0.1) is 11.8 Å². The van der Waals surface area contributed by atoms with E-state index in [4.69, 9.17) is 16.6 Å². The first-order chi connectivity index (χ1) is 12.3. The Balaban J connectivity index is 1.70. The second-order valence-electron chi connectivity index (χ2n) is 6.52. The molecule has 1 aliphatic carbocycles. The van der Waals surface area contributed by atoms with Gasteiger partial charge in [0.15, 0.2) is 0 Å². The summed E-state index contributed by atoms with van der Waals surface area (Å²) < 4.78 is 0. The van der Waals surface area contributed by atoms with Crippen molar-refractivity contribution in [2.75, 3.05) is 0 Å². The van der Waals surface area contributed by atoms with E-state index in [1.54, 1.807) is 0 Å². The van der Waals surface area contributed by atoms with Crippen molar-refractivity contribution in [1.29, 1.82) is 0 Å². The number of benzene rings is 3. The van der Waals surface area contributed by atoms with Gasteiger partial charge in [0.25, 0.3) is 0 Å². The molecule has 3 aromatic carbocycles. The van der Waals surface area contributed by atoms with Crippen LogP contribution in [0.4, 0.5) is 5.69 Å². The molecule has 3 heteroatoms. The molecule has 0 N–H and O–H groups in total. The first-order valence-electron chi connectivity index (χ1n) is 8.47. The van der Waals surface area contributed by atoms with E-state index in [0.717, 1.165) is 17.1 Å². The van der Waals surface area contributed by atoms with Crippen molar-refractivity contribution in [3.8, 4) is 0 Å². The molecule has 0 saturated carbocycles. The Morgan fingerprint density at radius 2 is 1.64 bits per heavy atom. The molecule has 0 radical (unpaired) electrons. The summed E-state index contributed by atoms with van der Waals surface area (Å²) in [7, 11) is 0. The number of nitrogens with zero attached hydrogens (tertiary/aromatic N) is 1. The number of aliphatic imine (C=N–C) groups is 1. The molecule has 2 atom stereocenters. The van der Waals surface area contributed by atoms with Gasteiger partial charge in [-0.1, -0.05) is 60.1 Å². The first-order valence-corrected chi connectivity index (χ1v) is 9.73. The molecule has 25 heavy (non-hydrogen) atoms. The van der Waals surface area contributed by atoms with Gasteiger partial charge < -0.3 is 0 Å². The van der Waals surface area contributed by atoms with E-state index in [0.29, 0.717) is 11.2 Å². The molecule has 1 aliphatic heterocycles. The maximum absolute atomic E-state index is 6.12. The molecule has 3 aromatic rings. The fraction of sp³-hybridized carbons (Fsp3) is 0.136. The van der Waals surface area contributed by atoms with Crippen LogP contribution < -0.4 is 0 Å². The van der Waals surface area contributed by atoms with Gasteiger partial charge in [-0.25, -0.2) is 0 Å². The van der Waals surface area contributed by atoms with Gasteiger partial charge >= 0.3 is 0 Å². The van der Waals surface area contributed by atoms with Crippen LogP contribution in [0.3, 0.4) is 0 Å². The minimum atomic E-state index is 0.340. The molecule has 0 spiro atoms. The highest BCUT2D eigenvalue weighted by molar-refractivity contribution is 7.99. The lowest BCUT2D eigenvalue weighted by atomic mass is 9.94. The summed E-state index contributed by atoms with van der Waals surface area (Å²) in [5.74, 6) is 0.385. The lowest BCUT2D eigenvalue weighted by Gasteiger charge is -2.22. The van der Waals surface area contributed by atoms with Crippen molar-refractivity contribution in [3.63, 3.8) is 0 Å². The monoisotopic (exact) mass is 361 g/mol. The Labute approximate surface area is 156 Å². The van der Waals surface area contributed by atoms with E-state index in [2.05, 4.69) is 60.7 Å². The molecule has 0 amide bonds. The van der Waals surface area contributed by atoms with Gasteiger partial charge in [0.2, 0.25) is 0 Å². The Kier molecular flexibility index (Phi) is 3.69. The van der Waals surface area contributed by atoms with Gasteiger partial charge in [-0.3, -0.25) is 4.99 Å². The predicted molar refractivity (Wildman–Crippen MR) is 106 cm³/mol. The standard InChI is InChI=1S/C22H16ClNS/c23-16-11-9-14(10-12-16)22-18-13-15-5-1-2-6-17(15)21(18)24-19-7-3-4-8-20(19)25-22/h1-12,18,22H,13H2/t18-,22-/m1/s1. The molecular weight excluding hydrogens is 346 g/mol. The zero-order valence-electron chi connectivity index (χ0n) is 13.5. The highest BCUT2D eigenvalue weighted by Gasteiger charge is 2.37. The second-order valence-corrected chi connectivity index (χ2v) is 8.14. The van der Waals surface area contributed by atoms with Crippen molar-refractivity contribution in [2.45, 2.75) is 16.6 Å². The third kappa shape index (κ3) is 2.61. The van der Waals surface area contributed by atoms with Crippen molar-refractivity contribution in [3.05, 3.63) is 94.5 Å². The van der Waals surface area contributed by atoms with E-state index < -0.39 is 0 Å². The first kappa shape index (κ1) is 15.2. The smallest absolute Gasteiger partial charge is 0.0769 e. The third-order valence-electron chi connectivity index (χ3n) is 5.01. The quantitative estimate of drug-likeness (QED) is 0.483. The summed E-state index contributed by atoms with van der Waals surface area (Å²) in [5, 5.41) is 1.12. The topological polar surface area (TPSA) is 12.4 Å². The summed E-state index contributed by atoms with van der Waals surface area (Å²) in [4.78, 5) is 6.36. The third-order valence-corrected chi connectivity index (χ3v) is 6.71. The zero-order valence-corrected chi connectivity index (χ0v) is 15.1. The van der Waals surface area contributed by atoms with Crippen LogP contribution in [0, 0.1) is 5.92 Å². The van der Waals surface area contributed by atoms with Gasteiger partial charge in [0, 0.05) is 21.1 Å². The van der Waals surface area contributed by atoms with Crippen molar-refractivity contribution in [1.82, 2.24) is 0 Å². The van der Waals surface area contributed by atoms with Crippen LogP contribution in [0.25, 0.3) is 0 Å². The van der Waals surface area contributed by atoms with Crippen molar-refractivity contribution < 1.29 is 0 Å². The molecule has 1 nitrogen and oxygen atoms in total. The minimum absolute atomic E-state index is 0.340. The van der Waals surface area contributed by atoms with Crippen molar-refractivity contribution >= 4 is 34.8 Å². The number of fused-ring (bicyclic) bond motifs is 4. The van der Waals surface area contributed by atoms with E-state index in [-0.39, 0.29) is 0 Å². The summed E-state index contributed by atoms with van der Waals surface area (Å²) in [5.41, 5.74) is 6.35. The maximum Gasteiger partial charge on any atom is 0.0769 e. The van der Waals surface area contributed by atoms with Crippen molar-refractivity contribution in [2.24, 2.45) is 10.9 Å². The van der Waals surface area contributed by atoms with Gasteiger partial charge in [0.05, 0.1) is 11.4 Å². The maximum atomic E-state index is 6.12. The zero-order chi connectivity index (χ0) is 16.8. The lowest BCUT2D eigenvalue weighted by molar-refractivity contribution is 0.694. The largest absolute Gasteiger partial charge is 0.251 e. The molecular formula is C22H16ClNS. The van der Waals surface area contributed by atoms with E-state index in [9.17, 15) is 0 Å². The second kappa shape index (κ2) is 6.05. The molecule has 0 saturated heterocycles. The number of hydrogen-bond acceptors (Lipinski definition) is 2. The van der Waals surface area contributed by atoms with Crippen LogP contribution in [0.2, 0.25) is 5.02 Å². The van der Waals surface area contributed by atoms with Crippen LogP contribution in [0.1, 0.15) is 21.9 Å². The molecule has 2 aliphatic rings. The highest BCUT2D eigenvalue weighted by atomic mass is 35.5. The lowest BCUT2D eigenvalue weighted by Crippen LogP contribution is -2.16. The Morgan fingerprint density at radius 3 is 2.52 bits per heavy atom. The SMILES string of the molecule is Clc1ccc([C@H]2Sc3ccccc3N=C3c4ccccc4C[C@H]32)cc1. The van der Waals surface area contributed by atoms with E-state index >= 15 is 0 Å². The van der Waals surface area contributed by atoms with Crippen LogP contribution in [-0.4, -0.2) is 5.71 Å². The highest BCUT2D eigenvalue weighted by Crippen LogP contribution is 2.51. The van der Waals surface area contributed by atoms with E-state index in [1.807, 2.05) is 23.9 Å². The summed E-state index contributed by atoms with van der Waals surface area (Å²) in [6, 6.07) is 25.5. The van der Waals surface area contributed by atoms with Crippen LogP contribution in [-0.2, 0) is 6.42 Å². The molecule has 0 bridgehead atoms. The fourth-order valence-electron chi connectivity index (χ4n) is 3.83. The van der Waals surface area contributed by atoms with Crippen LogP contribution >= 0.6 is 23.4 Å². The molecule has 1 heterocycles. The molecule has 5 rings (SSSR count). The average molecular weight is 362 g/mol. The average Bonchev–Trinajstić information content (AvgIpc) is 2.92. The summed E-state index contributed by atoms with van der Waals surface area (Å²) in [6.45, 7) is 0. The van der Waals surface area contributed by atoms with Gasteiger partial charge in [-0.05, 0) is 47.4 Å². The Morgan fingerprint density at radius 1 is 0.880 bits per heavy atom. The van der Waals surface area contributed by atoms with Crippen LogP contribution in [0.5, 0.6) is 0 Å². The van der Waals surface area contributed by atoms with Gasteiger partial charge in [0.1, 0.15) is 0 Å². The fourth-order valence-corrected chi connectivity index (χ4v) is 5.30. The summed E-state index contributed by atoms with van der Waals surface area (Å²) >= 11 is 8.04. The number of thioether (sulfide) groups is 1. The molecule has 0 unspecified atom stereocenters.